The van der Waals surface area contributed by atoms with Crippen LogP contribution in [0.4, 0.5) is 0 Å². The smallest absolute Gasteiger partial charge is 0.266 e. The van der Waals surface area contributed by atoms with E-state index in [1.807, 2.05) is 68.1 Å². The number of aromatic nitrogens is 2. The second kappa shape index (κ2) is 9.87. The first-order valence-electron chi connectivity index (χ1n) is 11.8. The predicted octanol–water partition coefficient (Wildman–Crippen LogP) is 4.73. The summed E-state index contributed by atoms with van der Waals surface area (Å²) in [5.74, 6) is 0.743. The molecule has 1 saturated carbocycles. The van der Waals surface area contributed by atoms with E-state index in [9.17, 15) is 9.59 Å². The third-order valence-corrected chi connectivity index (χ3v) is 6.77. The number of methoxy groups -OCH3 is 1. The van der Waals surface area contributed by atoms with E-state index in [2.05, 4.69) is 0 Å². The summed E-state index contributed by atoms with van der Waals surface area (Å²) in [6.45, 7) is 6.88. The molecular formula is C27H33N3O3. The summed E-state index contributed by atoms with van der Waals surface area (Å²) in [6.07, 6.45) is 4.02. The Hall–Kier alpha value is -2.99. The maximum absolute atomic E-state index is 13.8. The van der Waals surface area contributed by atoms with Crippen LogP contribution in [-0.2, 0) is 9.53 Å². The fraction of sp³-hybridized carbons (Fsp3) is 0.444. The van der Waals surface area contributed by atoms with Crippen molar-refractivity contribution < 1.29 is 9.53 Å². The van der Waals surface area contributed by atoms with Gasteiger partial charge in [-0.05, 0) is 62.9 Å². The molecule has 0 aliphatic heterocycles. The van der Waals surface area contributed by atoms with E-state index >= 15 is 0 Å². The molecule has 2 aromatic carbocycles. The summed E-state index contributed by atoms with van der Waals surface area (Å²) in [5.41, 5.74) is 3.38. The topological polar surface area (TPSA) is 64.4 Å². The molecule has 1 fully saturated rings. The number of para-hydroxylation sites is 1. The lowest BCUT2D eigenvalue weighted by Crippen LogP contribution is -2.41. The summed E-state index contributed by atoms with van der Waals surface area (Å²) in [6, 6.07) is 13.1. The van der Waals surface area contributed by atoms with Gasteiger partial charge in [0, 0.05) is 19.6 Å². The number of fused-ring (bicyclic) bond motifs is 1. The Kier molecular flexibility index (Phi) is 6.94. The van der Waals surface area contributed by atoms with Gasteiger partial charge in [-0.1, -0.05) is 37.1 Å². The van der Waals surface area contributed by atoms with E-state index in [1.165, 1.54) is 0 Å². The average Bonchev–Trinajstić information content (AvgIpc) is 3.36. The van der Waals surface area contributed by atoms with Crippen LogP contribution in [-0.4, -0.2) is 40.6 Å². The number of nitrogens with zero attached hydrogens (tertiary/aromatic N) is 3. The molecule has 0 bridgehead atoms. The van der Waals surface area contributed by atoms with Gasteiger partial charge in [0.25, 0.3) is 5.56 Å². The van der Waals surface area contributed by atoms with Gasteiger partial charge in [-0.25, -0.2) is 4.98 Å². The second-order valence-corrected chi connectivity index (χ2v) is 9.10. The lowest BCUT2D eigenvalue weighted by Gasteiger charge is -2.32. The molecule has 6 heteroatoms. The quantitative estimate of drug-likeness (QED) is 0.525. The van der Waals surface area contributed by atoms with E-state index in [4.69, 9.17) is 9.72 Å². The van der Waals surface area contributed by atoms with Gasteiger partial charge in [0.05, 0.1) is 29.2 Å². The number of hydrogen-bond acceptors (Lipinski definition) is 4. The van der Waals surface area contributed by atoms with Crippen LogP contribution in [0.2, 0.25) is 0 Å². The van der Waals surface area contributed by atoms with Crippen LogP contribution in [0.15, 0.2) is 47.3 Å². The molecule has 1 aliphatic rings. The van der Waals surface area contributed by atoms with Crippen LogP contribution in [0.1, 0.15) is 55.6 Å². The third kappa shape index (κ3) is 4.58. The van der Waals surface area contributed by atoms with Gasteiger partial charge < -0.3 is 9.64 Å². The number of rotatable bonds is 7. The number of aryl methyl sites for hydroxylation is 2. The molecule has 0 saturated heterocycles. The average molecular weight is 448 g/mol. The molecule has 0 spiro atoms. The molecule has 0 N–H and O–H groups in total. The predicted molar refractivity (Wildman–Crippen MR) is 131 cm³/mol. The molecule has 1 amide bonds. The minimum absolute atomic E-state index is 0.0330. The van der Waals surface area contributed by atoms with E-state index in [0.29, 0.717) is 29.9 Å². The van der Waals surface area contributed by atoms with Crippen molar-refractivity contribution >= 4 is 16.8 Å². The molecule has 4 rings (SSSR count). The van der Waals surface area contributed by atoms with Crippen molar-refractivity contribution in [3.63, 3.8) is 0 Å². The van der Waals surface area contributed by atoms with E-state index in [0.717, 1.165) is 42.5 Å². The zero-order valence-corrected chi connectivity index (χ0v) is 20.0. The highest BCUT2D eigenvalue weighted by molar-refractivity contribution is 5.80. The first-order chi connectivity index (χ1) is 15.9. The summed E-state index contributed by atoms with van der Waals surface area (Å²) >= 11 is 0. The van der Waals surface area contributed by atoms with E-state index < -0.39 is 0 Å². The standard InChI is InChI=1S/C27H33N3O3/c1-18-13-14-19(2)24(17-18)30-25(28-23-12-8-7-11-22(23)27(30)32)20(3)29(15-16-33-4)26(31)21-9-5-6-10-21/h7-8,11-14,17,20-21H,5-6,9-10,15-16H2,1-4H3. The molecule has 3 aromatic rings. The molecule has 6 nitrogen and oxygen atoms in total. The number of benzene rings is 2. The Morgan fingerprint density at radius 2 is 1.91 bits per heavy atom. The normalized spacial score (nSPS) is 15.2. The van der Waals surface area contributed by atoms with E-state index in [-0.39, 0.29) is 23.4 Å². The van der Waals surface area contributed by atoms with Crippen molar-refractivity contribution in [2.24, 2.45) is 5.92 Å². The number of hydrogen-bond donors (Lipinski definition) is 0. The van der Waals surface area contributed by atoms with Crippen LogP contribution < -0.4 is 5.56 Å². The number of amides is 1. The van der Waals surface area contributed by atoms with Crippen molar-refractivity contribution in [3.05, 3.63) is 69.8 Å². The second-order valence-electron chi connectivity index (χ2n) is 9.10. The number of carbonyl (C=O) groups is 1. The Labute approximate surface area is 195 Å². The molecule has 1 aliphatic carbocycles. The third-order valence-electron chi connectivity index (χ3n) is 6.77. The molecule has 174 valence electrons. The monoisotopic (exact) mass is 447 g/mol. The maximum Gasteiger partial charge on any atom is 0.266 e. The molecule has 33 heavy (non-hydrogen) atoms. The van der Waals surface area contributed by atoms with Gasteiger partial charge in [-0.15, -0.1) is 0 Å². The highest BCUT2D eigenvalue weighted by Gasteiger charge is 2.32. The van der Waals surface area contributed by atoms with Crippen LogP contribution in [0.5, 0.6) is 0 Å². The van der Waals surface area contributed by atoms with Crippen molar-refractivity contribution in [3.8, 4) is 5.69 Å². The van der Waals surface area contributed by atoms with Gasteiger partial charge >= 0.3 is 0 Å². The van der Waals surface area contributed by atoms with Gasteiger partial charge in [0.1, 0.15) is 5.82 Å². The SMILES string of the molecule is COCCN(C(=O)C1CCCC1)C(C)c1nc2ccccc2c(=O)n1-c1cc(C)ccc1C. The lowest BCUT2D eigenvalue weighted by molar-refractivity contribution is -0.138. The zero-order chi connectivity index (χ0) is 23.5. The zero-order valence-electron chi connectivity index (χ0n) is 20.0. The molecule has 1 atom stereocenters. The van der Waals surface area contributed by atoms with Gasteiger partial charge in [-0.3, -0.25) is 14.2 Å². The highest BCUT2D eigenvalue weighted by Crippen LogP contribution is 2.31. The van der Waals surface area contributed by atoms with Crippen LogP contribution in [0.3, 0.4) is 0 Å². The molecule has 0 radical (unpaired) electrons. The van der Waals surface area contributed by atoms with Crippen molar-refractivity contribution in [2.75, 3.05) is 20.3 Å². The minimum Gasteiger partial charge on any atom is -0.383 e. The van der Waals surface area contributed by atoms with Crippen molar-refractivity contribution in [1.82, 2.24) is 14.5 Å². The minimum atomic E-state index is -0.384. The first-order valence-corrected chi connectivity index (χ1v) is 11.8. The van der Waals surface area contributed by atoms with Crippen molar-refractivity contribution in [2.45, 2.75) is 52.5 Å². The first kappa shape index (κ1) is 23.2. The van der Waals surface area contributed by atoms with Gasteiger partial charge in [0.2, 0.25) is 5.91 Å². The molecule has 1 aromatic heterocycles. The Morgan fingerprint density at radius 3 is 2.64 bits per heavy atom. The molecule has 1 unspecified atom stereocenters. The van der Waals surface area contributed by atoms with Gasteiger partial charge in [0.15, 0.2) is 0 Å². The molecule has 1 heterocycles. The largest absolute Gasteiger partial charge is 0.383 e. The fourth-order valence-electron chi connectivity index (χ4n) is 4.85. The summed E-state index contributed by atoms with van der Waals surface area (Å²) in [5, 5.41) is 0.569. The van der Waals surface area contributed by atoms with Crippen molar-refractivity contribution in [1.29, 1.82) is 0 Å². The Morgan fingerprint density at radius 1 is 1.18 bits per heavy atom. The highest BCUT2D eigenvalue weighted by atomic mass is 16.5. The Bertz CT molecular complexity index is 1210. The Balaban J connectivity index is 1.91. The fourth-order valence-corrected chi connectivity index (χ4v) is 4.85. The molecular weight excluding hydrogens is 414 g/mol. The summed E-state index contributed by atoms with van der Waals surface area (Å²) in [4.78, 5) is 34.1. The van der Waals surface area contributed by atoms with Crippen LogP contribution in [0.25, 0.3) is 16.6 Å². The lowest BCUT2D eigenvalue weighted by atomic mass is 10.0. The summed E-state index contributed by atoms with van der Waals surface area (Å²) < 4.78 is 7.04. The summed E-state index contributed by atoms with van der Waals surface area (Å²) in [7, 11) is 1.64. The van der Waals surface area contributed by atoms with Crippen LogP contribution >= 0.6 is 0 Å². The van der Waals surface area contributed by atoms with Gasteiger partial charge in [-0.2, -0.15) is 0 Å². The number of carbonyl (C=O) groups excluding carboxylic acids is 1. The number of ether oxygens (including phenoxy) is 1. The van der Waals surface area contributed by atoms with Crippen LogP contribution in [0, 0.1) is 19.8 Å². The van der Waals surface area contributed by atoms with E-state index in [1.54, 1.807) is 11.7 Å². The maximum atomic E-state index is 13.8.